The molecule has 1 aliphatic rings. The number of alkyl halides is 1. The van der Waals surface area contributed by atoms with Gasteiger partial charge in [0.2, 0.25) is 0 Å². The highest BCUT2D eigenvalue weighted by Crippen LogP contribution is 2.66. The van der Waals surface area contributed by atoms with Crippen LogP contribution in [-0.4, -0.2) is 58.7 Å². The molecule has 16 nitrogen and oxygen atoms in total. The number of phosphoric ester groups is 1. The van der Waals surface area contributed by atoms with Gasteiger partial charge in [-0.25, -0.2) is 22.9 Å². The number of halogens is 1. The molecule has 0 aromatic carbocycles. The molecule has 1 saturated heterocycles. The minimum Gasteiger partial charge on any atom is -0.387 e. The van der Waals surface area contributed by atoms with E-state index in [1.807, 2.05) is 0 Å². The Balaban J connectivity index is 2.24. The van der Waals surface area contributed by atoms with E-state index >= 15 is 0 Å². The van der Waals surface area contributed by atoms with E-state index in [4.69, 9.17) is 20.3 Å². The van der Waals surface area contributed by atoms with Crippen molar-refractivity contribution in [1.82, 2.24) is 9.55 Å². The highest BCUT2D eigenvalue weighted by molar-refractivity contribution is 7.66. The Kier molecular flexibility index (Phi) is 8.21. The number of aliphatic hydroxyl groups is 1. The number of nitrogens with two attached hydrogens (primary N) is 1. The second-order valence-corrected chi connectivity index (χ2v) is 11.0. The van der Waals surface area contributed by atoms with E-state index in [0.29, 0.717) is 4.57 Å². The van der Waals surface area contributed by atoms with E-state index in [-0.39, 0.29) is 18.7 Å². The number of hydrogen-bond acceptors (Lipinski definition) is 11. The van der Waals surface area contributed by atoms with Crippen LogP contribution < -0.4 is 11.4 Å². The third kappa shape index (κ3) is 6.73. The summed E-state index contributed by atoms with van der Waals surface area (Å²) in [6.45, 7) is 0.486. The van der Waals surface area contributed by atoms with Crippen LogP contribution in [0, 0.1) is 0 Å². The van der Waals surface area contributed by atoms with Gasteiger partial charge < -0.3 is 35.2 Å². The van der Waals surface area contributed by atoms with Crippen molar-refractivity contribution in [3.8, 4) is 0 Å². The second-order valence-electron chi connectivity index (χ2n) is 6.62. The fraction of sp³-hybridized carbons (Fsp3) is 0.667. The lowest BCUT2D eigenvalue weighted by molar-refractivity contribution is -0.131. The van der Waals surface area contributed by atoms with Gasteiger partial charge in [-0.1, -0.05) is 13.3 Å². The maximum absolute atomic E-state index is 14.8. The lowest BCUT2D eigenvalue weighted by Gasteiger charge is -2.31. The van der Waals surface area contributed by atoms with E-state index in [9.17, 15) is 37.8 Å². The fourth-order valence-corrected chi connectivity index (χ4v) is 6.04. The van der Waals surface area contributed by atoms with Gasteiger partial charge in [-0.2, -0.15) is 13.6 Å². The van der Waals surface area contributed by atoms with Gasteiger partial charge in [0.15, 0.2) is 12.4 Å². The van der Waals surface area contributed by atoms with Gasteiger partial charge in [-0.05, 0) is 12.5 Å². The predicted octanol–water partition coefficient (Wildman–Crippen LogP) is -0.0645. The highest BCUT2D eigenvalue weighted by Gasteiger charge is 2.57. The summed E-state index contributed by atoms with van der Waals surface area (Å²) in [6, 6.07) is 1.16. The number of aliphatic hydroxyl groups excluding tert-OH is 1. The van der Waals surface area contributed by atoms with Gasteiger partial charge in [0, 0.05) is 6.20 Å². The van der Waals surface area contributed by atoms with Crippen molar-refractivity contribution < 1.29 is 60.6 Å². The van der Waals surface area contributed by atoms with Crippen LogP contribution in [0.1, 0.15) is 26.0 Å². The Morgan fingerprint density at radius 2 is 1.88 bits per heavy atom. The molecule has 0 aliphatic carbocycles. The normalized spacial score (nSPS) is 30.0. The van der Waals surface area contributed by atoms with Gasteiger partial charge in [-0.15, -0.1) is 0 Å². The summed E-state index contributed by atoms with van der Waals surface area (Å²) in [6.07, 6.45) is -4.90. The Labute approximate surface area is 179 Å². The highest BCUT2D eigenvalue weighted by atomic mass is 31.3. The molecule has 20 heteroatoms. The van der Waals surface area contributed by atoms with Crippen LogP contribution in [0.4, 0.5) is 10.2 Å². The molecule has 32 heavy (non-hydrogen) atoms. The van der Waals surface area contributed by atoms with Gasteiger partial charge in [-0.3, -0.25) is 9.09 Å². The summed E-state index contributed by atoms with van der Waals surface area (Å²) >= 11 is 0. The molecule has 1 aromatic rings. The summed E-state index contributed by atoms with van der Waals surface area (Å²) in [4.78, 5) is 51.3. The molecule has 6 atom stereocenters. The van der Waals surface area contributed by atoms with Crippen molar-refractivity contribution >= 4 is 29.3 Å². The van der Waals surface area contributed by atoms with Crippen molar-refractivity contribution in [2.24, 2.45) is 0 Å². The van der Waals surface area contributed by atoms with Crippen LogP contribution >= 0.6 is 23.5 Å². The summed E-state index contributed by atoms with van der Waals surface area (Å²) in [5.41, 5.74) is 2.32. The zero-order chi connectivity index (χ0) is 24.5. The Morgan fingerprint density at radius 3 is 2.41 bits per heavy atom. The fourth-order valence-electron chi connectivity index (χ4n) is 2.97. The quantitative estimate of drug-likeness (QED) is 0.218. The maximum atomic E-state index is 14.8. The summed E-state index contributed by atoms with van der Waals surface area (Å²) in [5.74, 6) is -0.160. The number of ether oxygens (including phenoxy) is 1. The molecule has 0 radical (unpaired) electrons. The second kappa shape index (κ2) is 9.66. The van der Waals surface area contributed by atoms with E-state index in [2.05, 4.69) is 18.1 Å². The Bertz CT molecular complexity index is 1030. The Morgan fingerprint density at radius 1 is 1.25 bits per heavy atom. The zero-order valence-corrected chi connectivity index (χ0v) is 18.9. The van der Waals surface area contributed by atoms with Crippen molar-refractivity contribution in [3.05, 3.63) is 22.7 Å². The van der Waals surface area contributed by atoms with E-state index in [1.165, 1.54) is 0 Å². The third-order valence-electron chi connectivity index (χ3n) is 4.16. The average Bonchev–Trinajstić information content (AvgIpc) is 2.83. The van der Waals surface area contributed by atoms with Crippen LogP contribution in [0.3, 0.4) is 0 Å². The summed E-state index contributed by atoms with van der Waals surface area (Å²) in [5, 5.41) is 10.4. The molecule has 1 fully saturated rings. The first-order valence-electron chi connectivity index (χ1n) is 8.64. The number of aromatic nitrogens is 2. The topological polar surface area (TPSA) is 250 Å². The summed E-state index contributed by atoms with van der Waals surface area (Å²) in [7, 11) is -16.9. The molecule has 0 bridgehead atoms. The first-order valence-corrected chi connectivity index (χ1v) is 13.2. The molecule has 2 rings (SSSR count). The smallest absolute Gasteiger partial charge is 0.387 e. The number of phosphoric acid groups is 3. The minimum atomic E-state index is -5.78. The molecule has 184 valence electrons. The third-order valence-corrected chi connectivity index (χ3v) is 7.94. The van der Waals surface area contributed by atoms with Crippen molar-refractivity contribution in [2.45, 2.75) is 43.9 Å². The van der Waals surface area contributed by atoms with E-state index < -0.39 is 59.9 Å². The number of anilines is 1. The van der Waals surface area contributed by atoms with Crippen LogP contribution in [0.25, 0.3) is 0 Å². The SMILES string of the molecule is CCC[C@]1(COP(=O)(O)OP(=O)(O)OP(=O)(O)O)O[C@@H](n2ccc(N)nc2=O)[C@H](F)[C@@H]1O. The molecule has 2 heterocycles. The van der Waals surface area contributed by atoms with Crippen LogP contribution in [-0.2, 0) is 31.6 Å². The first-order chi connectivity index (χ1) is 14.5. The monoisotopic (exact) mass is 527 g/mol. The van der Waals surface area contributed by atoms with Gasteiger partial charge in [0.25, 0.3) is 0 Å². The molecule has 7 N–H and O–H groups in total. The molecule has 1 aromatic heterocycles. The van der Waals surface area contributed by atoms with Crippen LogP contribution in [0.2, 0.25) is 0 Å². The standard InChI is InChI=1S/C12H21FN3O13P3/c1-2-4-12(6-26-31(22,23)29-32(24,25)28-30(19,20)21)9(17)8(13)10(27-12)16-5-3-7(14)15-11(16)18/h3,5,8-10,17H,2,4,6H2,1H3,(H,22,23)(H,24,25)(H2,14,15,18)(H2,19,20,21)/t8-,9+,10-,12-/m1/s1. The molecule has 0 spiro atoms. The molecule has 1 aliphatic heterocycles. The lowest BCUT2D eigenvalue weighted by Crippen LogP contribution is -2.46. The Hall–Kier alpha value is -1.06. The predicted molar refractivity (Wildman–Crippen MR) is 101 cm³/mol. The molecule has 2 unspecified atom stereocenters. The molecular weight excluding hydrogens is 506 g/mol. The molecule has 0 amide bonds. The largest absolute Gasteiger partial charge is 0.490 e. The van der Waals surface area contributed by atoms with Crippen molar-refractivity contribution in [3.63, 3.8) is 0 Å². The number of rotatable bonds is 10. The van der Waals surface area contributed by atoms with Crippen LogP contribution in [0.15, 0.2) is 17.1 Å². The van der Waals surface area contributed by atoms with E-state index in [0.717, 1.165) is 12.3 Å². The zero-order valence-electron chi connectivity index (χ0n) is 16.2. The lowest BCUT2D eigenvalue weighted by atomic mass is 9.92. The molecular formula is C12H21FN3O13P3. The van der Waals surface area contributed by atoms with Crippen molar-refractivity contribution in [1.29, 1.82) is 0 Å². The van der Waals surface area contributed by atoms with Crippen molar-refractivity contribution in [2.75, 3.05) is 12.3 Å². The number of nitrogen functional groups attached to an aromatic ring is 1. The van der Waals surface area contributed by atoms with Gasteiger partial charge >= 0.3 is 29.2 Å². The van der Waals surface area contributed by atoms with Crippen LogP contribution in [0.5, 0.6) is 0 Å². The minimum absolute atomic E-state index is 0.160. The van der Waals surface area contributed by atoms with Gasteiger partial charge in [0.1, 0.15) is 17.5 Å². The molecule has 0 saturated carbocycles. The maximum Gasteiger partial charge on any atom is 0.490 e. The van der Waals surface area contributed by atoms with Gasteiger partial charge in [0.05, 0.1) is 6.61 Å². The summed E-state index contributed by atoms with van der Waals surface area (Å²) < 4.78 is 66.8. The first kappa shape index (κ1) is 27.2. The average molecular weight is 527 g/mol. The number of hydrogen-bond donors (Lipinski definition) is 6. The van der Waals surface area contributed by atoms with E-state index in [1.54, 1.807) is 6.92 Å². The number of nitrogens with zero attached hydrogens (tertiary/aromatic N) is 2.